The van der Waals surface area contributed by atoms with Gasteiger partial charge in [0.25, 0.3) is 0 Å². The van der Waals surface area contributed by atoms with E-state index in [1.165, 1.54) is 70.8 Å². The summed E-state index contributed by atoms with van der Waals surface area (Å²) in [6.45, 7) is 3.63. The maximum atomic E-state index is 2.28. The third kappa shape index (κ3) is 32.4. The SMILES string of the molecule is CCCCCCCCCCCC[NH+](C)C.[Cl-].[O-2].[O-2].[Ti+4]. The first-order valence-electron chi connectivity index (χ1n) is 7.06. The molecular formula is C14H32ClNO2Ti. The summed E-state index contributed by atoms with van der Waals surface area (Å²) >= 11 is 0. The van der Waals surface area contributed by atoms with Crippen LogP contribution in [-0.2, 0) is 32.7 Å². The second-order valence-corrected chi connectivity index (χ2v) is 5.14. The Morgan fingerprint density at radius 2 is 0.947 bits per heavy atom. The summed E-state index contributed by atoms with van der Waals surface area (Å²) in [6.07, 6.45) is 14.5. The molecule has 5 heteroatoms. The van der Waals surface area contributed by atoms with Crippen LogP contribution in [0.2, 0.25) is 0 Å². The monoisotopic (exact) mass is 329 g/mol. The van der Waals surface area contributed by atoms with Crippen LogP contribution in [0.3, 0.4) is 0 Å². The third-order valence-corrected chi connectivity index (χ3v) is 3.03. The van der Waals surface area contributed by atoms with Crippen molar-refractivity contribution in [3.05, 3.63) is 0 Å². The molecule has 3 nitrogen and oxygen atoms in total. The molecule has 0 radical (unpaired) electrons. The molecule has 0 saturated carbocycles. The van der Waals surface area contributed by atoms with E-state index in [0.717, 1.165) is 0 Å². The Bertz CT molecular complexity index is 130. The van der Waals surface area contributed by atoms with E-state index < -0.39 is 0 Å². The van der Waals surface area contributed by atoms with Gasteiger partial charge in [0.05, 0.1) is 20.6 Å². The molecule has 0 saturated heterocycles. The first-order valence-corrected chi connectivity index (χ1v) is 7.06. The van der Waals surface area contributed by atoms with Crippen molar-refractivity contribution < 1.29 is 50.0 Å². The molecule has 0 spiro atoms. The van der Waals surface area contributed by atoms with Crippen molar-refractivity contribution >= 4 is 0 Å². The van der Waals surface area contributed by atoms with Crippen molar-refractivity contribution in [1.82, 2.24) is 0 Å². The number of hydrogen-bond acceptors (Lipinski definition) is 0. The van der Waals surface area contributed by atoms with Gasteiger partial charge in [-0.3, -0.25) is 0 Å². The van der Waals surface area contributed by atoms with Crippen molar-refractivity contribution in [3.8, 4) is 0 Å². The van der Waals surface area contributed by atoms with Gasteiger partial charge in [0.1, 0.15) is 0 Å². The first-order chi connectivity index (χ1) is 7.27. The average molecular weight is 330 g/mol. The maximum absolute atomic E-state index is 2.28. The number of nitrogens with one attached hydrogen (secondary N) is 1. The Balaban J connectivity index is -0.000000163. The molecule has 1 N–H and O–H groups in total. The van der Waals surface area contributed by atoms with E-state index >= 15 is 0 Å². The molecule has 0 bridgehead atoms. The smallest absolute Gasteiger partial charge is 2.00 e. The Morgan fingerprint density at radius 1 is 0.632 bits per heavy atom. The molecule has 0 unspecified atom stereocenters. The van der Waals surface area contributed by atoms with E-state index in [1.807, 2.05) is 0 Å². The molecule has 0 aromatic carbocycles. The predicted molar refractivity (Wildman–Crippen MR) is 70.9 cm³/mol. The summed E-state index contributed by atoms with van der Waals surface area (Å²) in [6, 6.07) is 0. The quantitative estimate of drug-likeness (QED) is 0.404. The fraction of sp³-hybridized carbons (Fsp3) is 1.00. The standard InChI is InChI=1S/C14H31N.ClH.2O.Ti/c1-4-5-6-7-8-9-10-11-12-13-14-15(2)3;;;;/h4-14H2,1-3H3;1H;;;/q;;2*-2;+4. The molecule has 0 amide bonds. The van der Waals surface area contributed by atoms with Crippen molar-refractivity contribution in [2.45, 2.75) is 71.1 Å². The fourth-order valence-corrected chi connectivity index (χ4v) is 1.97. The minimum absolute atomic E-state index is 0. The summed E-state index contributed by atoms with van der Waals surface area (Å²) in [5.41, 5.74) is 0. The summed E-state index contributed by atoms with van der Waals surface area (Å²) in [4.78, 5) is 1.59. The summed E-state index contributed by atoms with van der Waals surface area (Å²) in [5.74, 6) is 0. The zero-order valence-corrected chi connectivity index (χ0v) is 15.3. The largest absolute Gasteiger partial charge is 4.00 e. The van der Waals surface area contributed by atoms with Crippen LogP contribution in [0.1, 0.15) is 71.1 Å². The van der Waals surface area contributed by atoms with Crippen LogP contribution in [0.5, 0.6) is 0 Å². The molecule has 0 heterocycles. The van der Waals surface area contributed by atoms with Crippen LogP contribution in [-0.4, -0.2) is 20.6 Å². The van der Waals surface area contributed by atoms with Gasteiger partial charge in [-0.05, 0) is 12.8 Å². The summed E-state index contributed by atoms with van der Waals surface area (Å²) in [7, 11) is 4.49. The topological polar surface area (TPSA) is 61.4 Å². The molecule has 0 aliphatic carbocycles. The second kappa shape index (κ2) is 27.3. The van der Waals surface area contributed by atoms with Crippen LogP contribution >= 0.6 is 0 Å². The Kier molecular flexibility index (Phi) is 45.9. The Morgan fingerprint density at radius 3 is 1.26 bits per heavy atom. The number of halogens is 1. The van der Waals surface area contributed by atoms with Gasteiger partial charge < -0.3 is 28.3 Å². The zero-order chi connectivity index (χ0) is 11.4. The van der Waals surface area contributed by atoms with Crippen LogP contribution in [0.4, 0.5) is 0 Å². The minimum atomic E-state index is 0. The predicted octanol–water partition coefficient (Wildman–Crippen LogP) is -0.184. The van der Waals surface area contributed by atoms with Gasteiger partial charge in [0.2, 0.25) is 0 Å². The molecular weight excluding hydrogens is 297 g/mol. The Labute approximate surface area is 141 Å². The molecule has 0 aliphatic heterocycles. The van der Waals surface area contributed by atoms with Gasteiger partial charge in [-0.1, -0.05) is 58.3 Å². The van der Waals surface area contributed by atoms with E-state index in [4.69, 9.17) is 0 Å². The summed E-state index contributed by atoms with van der Waals surface area (Å²) < 4.78 is 0. The average Bonchev–Trinajstić information content (AvgIpc) is 2.20. The van der Waals surface area contributed by atoms with Gasteiger partial charge in [0, 0.05) is 0 Å². The second-order valence-electron chi connectivity index (χ2n) is 5.14. The normalized spacial score (nSPS) is 8.84. The maximum Gasteiger partial charge on any atom is 4.00 e. The van der Waals surface area contributed by atoms with Crippen molar-refractivity contribution in [1.29, 1.82) is 0 Å². The molecule has 116 valence electrons. The zero-order valence-electron chi connectivity index (χ0n) is 13.0. The van der Waals surface area contributed by atoms with E-state index in [1.54, 1.807) is 4.90 Å². The molecule has 0 aromatic rings. The van der Waals surface area contributed by atoms with Crippen LogP contribution < -0.4 is 17.3 Å². The summed E-state index contributed by atoms with van der Waals surface area (Å²) in [5, 5.41) is 0. The first kappa shape index (κ1) is 32.0. The van der Waals surface area contributed by atoms with Crippen molar-refractivity contribution in [2.75, 3.05) is 20.6 Å². The number of hydrogen-bond donors (Lipinski definition) is 1. The van der Waals surface area contributed by atoms with Crippen molar-refractivity contribution in [3.63, 3.8) is 0 Å². The molecule has 0 aliphatic rings. The van der Waals surface area contributed by atoms with Gasteiger partial charge in [-0.25, -0.2) is 0 Å². The van der Waals surface area contributed by atoms with Gasteiger partial charge in [-0.2, -0.15) is 0 Å². The van der Waals surface area contributed by atoms with E-state index in [0.29, 0.717) is 0 Å². The van der Waals surface area contributed by atoms with Gasteiger partial charge in [-0.15, -0.1) is 0 Å². The van der Waals surface area contributed by atoms with Gasteiger partial charge in [0.15, 0.2) is 0 Å². The molecule has 0 aromatic heterocycles. The van der Waals surface area contributed by atoms with Crippen LogP contribution in [0, 0.1) is 0 Å². The Hall–Kier alpha value is 0.884. The third-order valence-electron chi connectivity index (χ3n) is 3.03. The number of quaternary nitrogens is 1. The van der Waals surface area contributed by atoms with Crippen LogP contribution in [0.25, 0.3) is 0 Å². The molecule has 0 rings (SSSR count). The number of unbranched alkanes of at least 4 members (excludes halogenated alkanes) is 9. The van der Waals surface area contributed by atoms with Crippen molar-refractivity contribution in [2.24, 2.45) is 0 Å². The fourth-order valence-electron chi connectivity index (χ4n) is 1.97. The molecule has 19 heavy (non-hydrogen) atoms. The minimum Gasteiger partial charge on any atom is -2.00 e. The molecule has 0 fully saturated rings. The van der Waals surface area contributed by atoms with Gasteiger partial charge >= 0.3 is 21.7 Å². The van der Waals surface area contributed by atoms with E-state index in [2.05, 4.69) is 21.0 Å². The van der Waals surface area contributed by atoms with E-state index in [9.17, 15) is 0 Å². The van der Waals surface area contributed by atoms with E-state index in [-0.39, 0.29) is 45.1 Å². The van der Waals surface area contributed by atoms with Crippen LogP contribution in [0.15, 0.2) is 0 Å². The number of rotatable bonds is 11. The molecule has 0 atom stereocenters.